The number of aromatic nitrogens is 2. The Balaban J connectivity index is 1.91. The van der Waals surface area contributed by atoms with Gasteiger partial charge in [0.05, 0.1) is 11.0 Å². The average molecular weight is 366 g/mol. The Labute approximate surface area is 126 Å². The minimum absolute atomic E-state index is 0.229. The zero-order chi connectivity index (χ0) is 15.5. The SMILES string of the molecule is Cc1noc(CNCc2ccc(OC(F)(F)F)c(Br)c2)n1. The lowest BCUT2D eigenvalue weighted by Crippen LogP contribution is -2.17. The van der Waals surface area contributed by atoms with Crippen molar-refractivity contribution in [2.45, 2.75) is 26.4 Å². The van der Waals surface area contributed by atoms with Gasteiger partial charge in [0.25, 0.3) is 0 Å². The van der Waals surface area contributed by atoms with Crippen LogP contribution in [0.5, 0.6) is 5.75 Å². The molecule has 9 heteroatoms. The zero-order valence-corrected chi connectivity index (χ0v) is 12.5. The molecule has 0 amide bonds. The molecule has 0 fully saturated rings. The average Bonchev–Trinajstić information content (AvgIpc) is 2.77. The van der Waals surface area contributed by atoms with E-state index in [4.69, 9.17) is 4.52 Å². The van der Waals surface area contributed by atoms with Crippen LogP contribution in [0.2, 0.25) is 0 Å². The van der Waals surface area contributed by atoms with E-state index < -0.39 is 6.36 Å². The number of hydrogen-bond acceptors (Lipinski definition) is 5. The van der Waals surface area contributed by atoms with Gasteiger partial charge in [0.1, 0.15) is 5.75 Å². The third-order valence-corrected chi connectivity index (χ3v) is 3.02. The molecule has 2 aromatic rings. The Bertz CT molecular complexity index is 616. The zero-order valence-electron chi connectivity index (χ0n) is 10.9. The lowest BCUT2D eigenvalue weighted by atomic mass is 10.2. The summed E-state index contributed by atoms with van der Waals surface area (Å²) >= 11 is 3.05. The molecule has 0 saturated carbocycles. The molecule has 114 valence electrons. The molecule has 2 rings (SSSR count). The van der Waals surface area contributed by atoms with Crippen molar-refractivity contribution in [3.05, 3.63) is 40.0 Å². The minimum Gasteiger partial charge on any atom is -0.405 e. The predicted molar refractivity (Wildman–Crippen MR) is 70.4 cm³/mol. The van der Waals surface area contributed by atoms with Crippen LogP contribution in [0.1, 0.15) is 17.3 Å². The molecule has 0 atom stereocenters. The molecule has 1 N–H and O–H groups in total. The number of hydrogen-bond donors (Lipinski definition) is 1. The fourth-order valence-corrected chi connectivity index (χ4v) is 2.09. The van der Waals surface area contributed by atoms with E-state index in [1.54, 1.807) is 13.0 Å². The Kier molecular flexibility index (Phi) is 4.84. The molecular formula is C12H11BrF3N3O2. The molecule has 0 aliphatic heterocycles. The van der Waals surface area contributed by atoms with E-state index in [-0.39, 0.29) is 10.2 Å². The first-order chi connectivity index (χ1) is 9.83. The van der Waals surface area contributed by atoms with Crippen LogP contribution in [-0.2, 0) is 13.1 Å². The van der Waals surface area contributed by atoms with Crippen molar-refractivity contribution in [1.82, 2.24) is 15.5 Å². The number of nitrogens with one attached hydrogen (secondary N) is 1. The molecule has 5 nitrogen and oxygen atoms in total. The summed E-state index contributed by atoms with van der Waals surface area (Å²) in [4.78, 5) is 4.02. The maximum Gasteiger partial charge on any atom is 0.573 e. The van der Waals surface area contributed by atoms with E-state index in [0.29, 0.717) is 24.8 Å². The normalized spacial score (nSPS) is 11.7. The molecule has 0 unspecified atom stereocenters. The summed E-state index contributed by atoms with van der Waals surface area (Å²) < 4.78 is 45.4. The van der Waals surface area contributed by atoms with E-state index >= 15 is 0 Å². The van der Waals surface area contributed by atoms with Gasteiger partial charge >= 0.3 is 6.36 Å². The molecule has 0 bridgehead atoms. The maximum absolute atomic E-state index is 12.1. The molecule has 21 heavy (non-hydrogen) atoms. The van der Waals surface area contributed by atoms with Gasteiger partial charge in [-0.3, -0.25) is 0 Å². The summed E-state index contributed by atoms with van der Waals surface area (Å²) in [6.45, 7) is 2.52. The monoisotopic (exact) mass is 365 g/mol. The smallest absolute Gasteiger partial charge is 0.405 e. The Morgan fingerprint density at radius 2 is 2.10 bits per heavy atom. The second-order valence-electron chi connectivity index (χ2n) is 4.15. The number of alkyl halides is 3. The molecule has 1 heterocycles. The summed E-state index contributed by atoms with van der Waals surface area (Å²) in [5.74, 6) is 0.713. The van der Waals surface area contributed by atoms with Gasteiger partial charge in [-0.15, -0.1) is 13.2 Å². The molecule has 0 aliphatic carbocycles. The van der Waals surface area contributed by atoms with E-state index in [0.717, 1.165) is 5.56 Å². The van der Waals surface area contributed by atoms with Gasteiger partial charge in [0.15, 0.2) is 5.82 Å². The van der Waals surface area contributed by atoms with Crippen LogP contribution in [0.15, 0.2) is 27.2 Å². The maximum atomic E-state index is 12.1. The van der Waals surface area contributed by atoms with Crippen molar-refractivity contribution in [1.29, 1.82) is 0 Å². The second kappa shape index (κ2) is 6.44. The third kappa shape index (κ3) is 5.01. The fourth-order valence-electron chi connectivity index (χ4n) is 1.59. The van der Waals surface area contributed by atoms with Crippen molar-refractivity contribution in [2.75, 3.05) is 0 Å². The number of benzene rings is 1. The van der Waals surface area contributed by atoms with Gasteiger partial charge < -0.3 is 14.6 Å². The van der Waals surface area contributed by atoms with Crippen molar-refractivity contribution in [3.8, 4) is 5.75 Å². The van der Waals surface area contributed by atoms with Gasteiger partial charge in [-0.2, -0.15) is 4.98 Å². The first-order valence-electron chi connectivity index (χ1n) is 5.87. The molecule has 1 aromatic heterocycles. The lowest BCUT2D eigenvalue weighted by Gasteiger charge is -2.11. The molecule has 0 aliphatic rings. The van der Waals surface area contributed by atoms with Crippen LogP contribution in [0.25, 0.3) is 0 Å². The molecule has 1 aromatic carbocycles. The molecular weight excluding hydrogens is 355 g/mol. The van der Waals surface area contributed by atoms with Gasteiger partial charge in [-0.05, 0) is 40.5 Å². The molecule has 0 saturated heterocycles. The summed E-state index contributed by atoms with van der Waals surface area (Å²) in [7, 11) is 0. The van der Waals surface area contributed by atoms with Gasteiger partial charge in [-0.25, -0.2) is 0 Å². The van der Waals surface area contributed by atoms with E-state index in [2.05, 4.69) is 36.1 Å². The van der Waals surface area contributed by atoms with E-state index in [1.165, 1.54) is 12.1 Å². The standard InChI is InChI=1S/C12H11BrF3N3O2/c1-7-18-11(21-19-7)6-17-5-8-2-3-10(9(13)4-8)20-12(14,15)16/h2-4,17H,5-6H2,1H3. The Morgan fingerprint density at radius 3 is 2.67 bits per heavy atom. The molecule has 0 spiro atoms. The number of ether oxygens (including phenoxy) is 1. The highest BCUT2D eigenvalue weighted by atomic mass is 79.9. The third-order valence-electron chi connectivity index (χ3n) is 2.40. The Morgan fingerprint density at radius 1 is 1.33 bits per heavy atom. The number of rotatable bonds is 5. The van der Waals surface area contributed by atoms with Gasteiger partial charge in [-0.1, -0.05) is 11.2 Å². The first-order valence-corrected chi connectivity index (χ1v) is 6.67. The van der Waals surface area contributed by atoms with Crippen LogP contribution in [0.4, 0.5) is 13.2 Å². The lowest BCUT2D eigenvalue weighted by molar-refractivity contribution is -0.274. The highest BCUT2D eigenvalue weighted by Crippen LogP contribution is 2.31. The minimum atomic E-state index is -4.71. The largest absolute Gasteiger partial charge is 0.573 e. The van der Waals surface area contributed by atoms with Crippen LogP contribution < -0.4 is 10.1 Å². The van der Waals surface area contributed by atoms with Crippen LogP contribution in [-0.4, -0.2) is 16.5 Å². The topological polar surface area (TPSA) is 60.2 Å². The Hall–Kier alpha value is -1.61. The van der Waals surface area contributed by atoms with Crippen LogP contribution >= 0.6 is 15.9 Å². The van der Waals surface area contributed by atoms with Crippen molar-refractivity contribution < 1.29 is 22.4 Å². The van der Waals surface area contributed by atoms with Gasteiger partial charge in [0.2, 0.25) is 5.89 Å². The predicted octanol–water partition coefficient (Wildman–Crippen LogP) is 3.33. The summed E-state index contributed by atoms with van der Waals surface area (Å²) in [5, 5.41) is 6.69. The van der Waals surface area contributed by atoms with Gasteiger partial charge in [0, 0.05) is 6.54 Å². The first kappa shape index (κ1) is 15.8. The quantitative estimate of drug-likeness (QED) is 0.880. The summed E-state index contributed by atoms with van der Waals surface area (Å²) in [6, 6.07) is 4.34. The fraction of sp³-hybridized carbons (Fsp3) is 0.333. The van der Waals surface area contributed by atoms with Crippen molar-refractivity contribution in [3.63, 3.8) is 0 Å². The van der Waals surface area contributed by atoms with Crippen molar-refractivity contribution in [2.24, 2.45) is 0 Å². The van der Waals surface area contributed by atoms with E-state index in [1.807, 2.05) is 0 Å². The second-order valence-corrected chi connectivity index (χ2v) is 5.01. The van der Waals surface area contributed by atoms with Crippen LogP contribution in [0.3, 0.4) is 0 Å². The highest BCUT2D eigenvalue weighted by Gasteiger charge is 2.31. The van der Waals surface area contributed by atoms with Crippen LogP contribution in [0, 0.1) is 6.92 Å². The van der Waals surface area contributed by atoms with E-state index in [9.17, 15) is 13.2 Å². The highest BCUT2D eigenvalue weighted by molar-refractivity contribution is 9.10. The summed E-state index contributed by atoms with van der Waals surface area (Å²) in [5.41, 5.74) is 0.785. The number of halogens is 4. The summed E-state index contributed by atoms with van der Waals surface area (Å²) in [6.07, 6.45) is -4.71. The number of nitrogens with zero attached hydrogens (tertiary/aromatic N) is 2. The number of aryl methyl sites for hydroxylation is 1. The van der Waals surface area contributed by atoms with Crippen molar-refractivity contribution >= 4 is 15.9 Å². The molecule has 0 radical (unpaired) electrons.